The summed E-state index contributed by atoms with van der Waals surface area (Å²) < 4.78 is 0. The van der Waals surface area contributed by atoms with E-state index in [1.807, 2.05) is 36.4 Å². The number of Topliss-reactive ketones (excluding diaryl/α,β-unsaturated/α-hetero) is 1. The smallest absolute Gasteiger partial charge is 0.193 e. The van der Waals surface area contributed by atoms with Crippen molar-refractivity contribution in [2.45, 2.75) is 65.3 Å². The fourth-order valence-electron chi connectivity index (χ4n) is 4.34. The maximum Gasteiger partial charge on any atom is 0.193 e. The fraction of sp³-hybridized carbons (Fsp3) is 0.303. The second kappa shape index (κ2) is 10.2. The quantitative estimate of drug-likeness (QED) is 0.269. The van der Waals surface area contributed by atoms with E-state index in [1.54, 1.807) is 6.20 Å². The third kappa shape index (κ3) is 5.79. The predicted molar refractivity (Wildman–Crippen MR) is 150 cm³/mol. The highest BCUT2D eigenvalue weighted by atomic mass is 16.1. The Morgan fingerprint density at radius 3 is 1.83 bits per heavy atom. The van der Waals surface area contributed by atoms with Crippen LogP contribution in [-0.4, -0.2) is 16.5 Å². The molecule has 0 saturated heterocycles. The van der Waals surface area contributed by atoms with Crippen LogP contribution in [0.3, 0.4) is 0 Å². The predicted octanol–water partition coefficient (Wildman–Crippen LogP) is 7.81. The molecule has 1 aliphatic rings. The van der Waals surface area contributed by atoms with Gasteiger partial charge in [-0.15, -0.1) is 0 Å². The van der Waals surface area contributed by atoms with Crippen molar-refractivity contribution in [3.63, 3.8) is 0 Å². The molecule has 0 N–H and O–H groups in total. The minimum Gasteiger partial charge on any atom is -0.289 e. The lowest BCUT2D eigenvalue weighted by Crippen LogP contribution is -2.15. The zero-order valence-electron chi connectivity index (χ0n) is 22.3. The van der Waals surface area contributed by atoms with Crippen molar-refractivity contribution < 1.29 is 4.79 Å². The van der Waals surface area contributed by atoms with Gasteiger partial charge in [0.25, 0.3) is 0 Å². The number of pyridine rings is 1. The molecule has 3 heteroatoms. The molecule has 4 rings (SSSR count). The lowest BCUT2D eigenvalue weighted by Gasteiger charge is -2.20. The van der Waals surface area contributed by atoms with Gasteiger partial charge in [0.2, 0.25) is 0 Å². The van der Waals surface area contributed by atoms with E-state index in [0.29, 0.717) is 12.1 Å². The SMILES string of the molecule is CC(C)(C)c1ccc(C(=O)C2=CCC=C2C(=NCc2ccccn2)c2ccc(C(C)(C)C)cc2)cc1. The Hall–Kier alpha value is -3.59. The molecule has 0 unspecified atom stereocenters. The van der Waals surface area contributed by atoms with Crippen LogP contribution in [0, 0.1) is 0 Å². The zero-order chi connectivity index (χ0) is 25.9. The Bertz CT molecular complexity index is 1310. The molecule has 0 saturated carbocycles. The van der Waals surface area contributed by atoms with E-state index in [2.05, 4.69) is 89.0 Å². The lowest BCUT2D eigenvalue weighted by molar-refractivity contribution is 0.103. The Morgan fingerprint density at radius 1 is 0.750 bits per heavy atom. The van der Waals surface area contributed by atoms with Crippen molar-refractivity contribution >= 4 is 11.5 Å². The van der Waals surface area contributed by atoms with Gasteiger partial charge < -0.3 is 0 Å². The largest absolute Gasteiger partial charge is 0.289 e. The van der Waals surface area contributed by atoms with Crippen LogP contribution in [-0.2, 0) is 17.4 Å². The first kappa shape index (κ1) is 25.5. The van der Waals surface area contributed by atoms with E-state index in [0.717, 1.165) is 34.5 Å². The van der Waals surface area contributed by atoms with E-state index < -0.39 is 0 Å². The van der Waals surface area contributed by atoms with Crippen molar-refractivity contribution in [3.8, 4) is 0 Å². The minimum atomic E-state index is 0.0380. The van der Waals surface area contributed by atoms with Gasteiger partial charge >= 0.3 is 0 Å². The third-order valence-corrected chi connectivity index (χ3v) is 6.60. The Balaban J connectivity index is 1.69. The molecule has 1 aromatic heterocycles. The number of carbonyl (C=O) groups excluding carboxylic acids is 1. The number of hydrogen-bond donors (Lipinski definition) is 0. The summed E-state index contributed by atoms with van der Waals surface area (Å²) in [5.41, 5.74) is 7.66. The number of aromatic nitrogens is 1. The summed E-state index contributed by atoms with van der Waals surface area (Å²) in [4.78, 5) is 23.1. The Labute approximate surface area is 215 Å². The van der Waals surface area contributed by atoms with Crippen LogP contribution in [0.5, 0.6) is 0 Å². The summed E-state index contributed by atoms with van der Waals surface area (Å²) in [5.74, 6) is 0.0380. The number of carbonyl (C=O) groups is 1. The first-order valence-electron chi connectivity index (χ1n) is 12.7. The number of benzene rings is 2. The van der Waals surface area contributed by atoms with Gasteiger partial charge in [0, 0.05) is 28.5 Å². The molecular formula is C33H36N2O. The average Bonchev–Trinajstić information content (AvgIpc) is 3.33. The minimum absolute atomic E-state index is 0.0380. The van der Waals surface area contributed by atoms with Gasteiger partial charge in [-0.3, -0.25) is 14.8 Å². The highest BCUT2D eigenvalue weighted by Crippen LogP contribution is 2.30. The second-order valence-electron chi connectivity index (χ2n) is 11.4. The topological polar surface area (TPSA) is 42.3 Å². The number of rotatable bonds is 6. The molecule has 0 aliphatic heterocycles. The van der Waals surface area contributed by atoms with Crippen LogP contribution in [0.1, 0.15) is 80.7 Å². The molecule has 3 nitrogen and oxygen atoms in total. The first-order valence-corrected chi connectivity index (χ1v) is 12.7. The van der Waals surface area contributed by atoms with Gasteiger partial charge in [0.05, 0.1) is 18.0 Å². The summed E-state index contributed by atoms with van der Waals surface area (Å²) >= 11 is 0. The van der Waals surface area contributed by atoms with Crippen LogP contribution in [0.25, 0.3) is 0 Å². The monoisotopic (exact) mass is 476 g/mol. The highest BCUT2D eigenvalue weighted by molar-refractivity contribution is 6.25. The Kier molecular flexibility index (Phi) is 7.21. The number of nitrogens with zero attached hydrogens (tertiary/aromatic N) is 2. The normalized spacial score (nSPS) is 14.4. The molecule has 0 radical (unpaired) electrons. The average molecular weight is 477 g/mol. The molecule has 2 aromatic carbocycles. The van der Waals surface area contributed by atoms with Crippen LogP contribution in [0.4, 0.5) is 0 Å². The lowest BCUT2D eigenvalue weighted by atomic mass is 9.85. The van der Waals surface area contributed by atoms with Gasteiger partial charge in [0.1, 0.15) is 0 Å². The first-order chi connectivity index (χ1) is 17.0. The van der Waals surface area contributed by atoms with E-state index >= 15 is 0 Å². The Morgan fingerprint density at radius 2 is 1.31 bits per heavy atom. The van der Waals surface area contributed by atoms with Gasteiger partial charge in [0.15, 0.2) is 5.78 Å². The molecule has 0 atom stereocenters. The highest BCUT2D eigenvalue weighted by Gasteiger charge is 2.25. The molecule has 3 aromatic rings. The molecule has 1 aliphatic carbocycles. The third-order valence-electron chi connectivity index (χ3n) is 6.60. The van der Waals surface area contributed by atoms with Gasteiger partial charge in [-0.05, 0) is 40.5 Å². The van der Waals surface area contributed by atoms with Crippen molar-refractivity contribution in [2.75, 3.05) is 0 Å². The van der Waals surface area contributed by atoms with E-state index in [1.165, 1.54) is 11.1 Å². The van der Waals surface area contributed by atoms with Gasteiger partial charge in [-0.25, -0.2) is 0 Å². The van der Waals surface area contributed by atoms with Crippen molar-refractivity contribution in [1.29, 1.82) is 0 Å². The van der Waals surface area contributed by atoms with E-state index in [-0.39, 0.29) is 16.6 Å². The molecule has 1 heterocycles. The van der Waals surface area contributed by atoms with Crippen molar-refractivity contribution in [2.24, 2.45) is 4.99 Å². The van der Waals surface area contributed by atoms with Crippen LogP contribution in [0.2, 0.25) is 0 Å². The summed E-state index contributed by atoms with van der Waals surface area (Å²) in [7, 11) is 0. The molecule has 0 bridgehead atoms. The molecule has 184 valence electrons. The van der Waals surface area contributed by atoms with Gasteiger partial charge in [-0.1, -0.05) is 108 Å². The number of hydrogen-bond acceptors (Lipinski definition) is 3. The van der Waals surface area contributed by atoms with E-state index in [4.69, 9.17) is 4.99 Å². The van der Waals surface area contributed by atoms with Crippen LogP contribution in [0.15, 0.2) is 101 Å². The summed E-state index contributed by atoms with van der Waals surface area (Å²) in [5, 5.41) is 0. The maximum atomic E-state index is 13.6. The van der Waals surface area contributed by atoms with Crippen molar-refractivity contribution in [1.82, 2.24) is 4.98 Å². The number of aliphatic imine (C=N–C) groups is 1. The maximum absolute atomic E-state index is 13.6. The number of allylic oxidation sites excluding steroid dienone is 4. The summed E-state index contributed by atoms with van der Waals surface area (Å²) in [6, 6.07) is 22.4. The molecule has 0 spiro atoms. The second-order valence-corrected chi connectivity index (χ2v) is 11.4. The van der Waals surface area contributed by atoms with Gasteiger partial charge in [-0.2, -0.15) is 0 Å². The molecule has 0 amide bonds. The van der Waals surface area contributed by atoms with E-state index in [9.17, 15) is 4.79 Å². The van der Waals surface area contributed by atoms with Crippen LogP contribution >= 0.6 is 0 Å². The standard InChI is InChI=1S/C33H36N2O/c1-32(2,3)25-17-13-23(14-18-25)30(35-22-27-10-7-8-21-34-27)28-11-9-12-29(28)31(36)24-15-19-26(20-16-24)33(4,5)6/h7-8,10-21H,9,22H2,1-6H3. The summed E-state index contributed by atoms with van der Waals surface area (Å²) in [6.07, 6.45) is 6.65. The molecular weight excluding hydrogens is 440 g/mol. The molecule has 36 heavy (non-hydrogen) atoms. The van der Waals surface area contributed by atoms with Crippen LogP contribution < -0.4 is 0 Å². The number of ketones is 1. The summed E-state index contributed by atoms with van der Waals surface area (Å²) in [6.45, 7) is 13.6. The zero-order valence-corrected chi connectivity index (χ0v) is 22.3. The fourth-order valence-corrected chi connectivity index (χ4v) is 4.34. The van der Waals surface area contributed by atoms with Crippen molar-refractivity contribution in [3.05, 3.63) is 124 Å². The molecule has 0 fully saturated rings.